The summed E-state index contributed by atoms with van der Waals surface area (Å²) in [6, 6.07) is 4.56. The van der Waals surface area contributed by atoms with Crippen LogP contribution in [-0.4, -0.2) is 6.54 Å². The Bertz CT molecular complexity index is 270. The molecule has 1 heterocycles. The summed E-state index contributed by atoms with van der Waals surface area (Å²) in [5.41, 5.74) is 0. The lowest BCUT2D eigenvalue weighted by Gasteiger charge is -2.16. The molecule has 80 valence electrons. The molecule has 1 aromatic heterocycles. The molecule has 0 bridgehead atoms. The van der Waals surface area contributed by atoms with Gasteiger partial charge in [0, 0.05) is 10.9 Å². The molecule has 0 fully saturated rings. The fourth-order valence-electron chi connectivity index (χ4n) is 1.34. The van der Waals surface area contributed by atoms with Crippen molar-refractivity contribution in [2.45, 2.75) is 33.2 Å². The van der Waals surface area contributed by atoms with Crippen molar-refractivity contribution in [3.63, 3.8) is 0 Å². The molecule has 1 N–H and O–H groups in total. The number of halogens is 1. The average Bonchev–Trinajstić information content (AvgIpc) is 2.53. The zero-order valence-electron chi connectivity index (χ0n) is 9.01. The van der Waals surface area contributed by atoms with E-state index in [1.807, 2.05) is 6.07 Å². The zero-order chi connectivity index (χ0) is 10.6. The molecule has 0 aliphatic carbocycles. The van der Waals surface area contributed by atoms with Crippen molar-refractivity contribution >= 4 is 22.9 Å². The van der Waals surface area contributed by atoms with Crippen molar-refractivity contribution in [1.29, 1.82) is 0 Å². The van der Waals surface area contributed by atoms with Crippen molar-refractivity contribution in [1.82, 2.24) is 5.32 Å². The first-order valence-electron chi connectivity index (χ1n) is 5.12. The summed E-state index contributed by atoms with van der Waals surface area (Å²) in [4.78, 5) is 1.35. The molecule has 1 atom stereocenters. The van der Waals surface area contributed by atoms with Gasteiger partial charge in [-0.3, -0.25) is 0 Å². The highest BCUT2D eigenvalue weighted by atomic mass is 35.5. The maximum absolute atomic E-state index is 5.91. The largest absolute Gasteiger partial charge is 0.309 e. The minimum atomic E-state index is 0.467. The van der Waals surface area contributed by atoms with Gasteiger partial charge in [-0.15, -0.1) is 11.3 Å². The highest BCUT2D eigenvalue weighted by Gasteiger charge is 2.11. The van der Waals surface area contributed by atoms with Gasteiger partial charge < -0.3 is 5.32 Å². The number of thiophene rings is 1. The summed E-state index contributed by atoms with van der Waals surface area (Å²) in [7, 11) is 0. The standard InChI is InChI=1S/C11H18ClNS/c1-4-9(13-7-8(2)3)10-5-6-11(12)14-10/h5-6,8-9,13H,4,7H2,1-3H3. The van der Waals surface area contributed by atoms with Crippen LogP contribution in [0.4, 0.5) is 0 Å². The molecular weight excluding hydrogens is 214 g/mol. The van der Waals surface area contributed by atoms with Crippen LogP contribution in [0.3, 0.4) is 0 Å². The third-order valence-corrected chi connectivity index (χ3v) is 3.46. The fraction of sp³-hybridized carbons (Fsp3) is 0.636. The van der Waals surface area contributed by atoms with E-state index >= 15 is 0 Å². The SMILES string of the molecule is CCC(NCC(C)C)c1ccc(Cl)s1. The van der Waals surface area contributed by atoms with Crippen molar-refractivity contribution in [3.8, 4) is 0 Å². The van der Waals surface area contributed by atoms with Crippen LogP contribution in [0.2, 0.25) is 4.34 Å². The van der Waals surface area contributed by atoms with E-state index < -0.39 is 0 Å². The lowest BCUT2D eigenvalue weighted by atomic mass is 10.1. The smallest absolute Gasteiger partial charge is 0.0931 e. The van der Waals surface area contributed by atoms with Gasteiger partial charge in [0.25, 0.3) is 0 Å². The van der Waals surface area contributed by atoms with E-state index in [1.165, 1.54) is 4.88 Å². The molecule has 14 heavy (non-hydrogen) atoms. The quantitative estimate of drug-likeness (QED) is 0.805. The Hall–Kier alpha value is -0.0500. The van der Waals surface area contributed by atoms with Gasteiger partial charge in [0.1, 0.15) is 0 Å². The number of rotatable bonds is 5. The van der Waals surface area contributed by atoms with Gasteiger partial charge in [0.2, 0.25) is 0 Å². The molecule has 1 rings (SSSR count). The molecule has 1 unspecified atom stereocenters. The molecule has 1 aromatic rings. The Balaban J connectivity index is 2.54. The summed E-state index contributed by atoms with van der Waals surface area (Å²) >= 11 is 7.59. The monoisotopic (exact) mass is 231 g/mol. The van der Waals surface area contributed by atoms with Crippen molar-refractivity contribution in [2.75, 3.05) is 6.54 Å². The van der Waals surface area contributed by atoms with Crippen LogP contribution in [0.25, 0.3) is 0 Å². The lowest BCUT2D eigenvalue weighted by Crippen LogP contribution is -2.24. The summed E-state index contributed by atoms with van der Waals surface area (Å²) in [6.45, 7) is 7.71. The van der Waals surface area contributed by atoms with E-state index in [9.17, 15) is 0 Å². The van der Waals surface area contributed by atoms with Crippen LogP contribution >= 0.6 is 22.9 Å². The Morgan fingerprint density at radius 2 is 2.14 bits per heavy atom. The van der Waals surface area contributed by atoms with Gasteiger partial charge in [-0.1, -0.05) is 32.4 Å². The van der Waals surface area contributed by atoms with Crippen LogP contribution in [-0.2, 0) is 0 Å². The number of hydrogen-bond donors (Lipinski definition) is 1. The molecule has 0 amide bonds. The highest BCUT2D eigenvalue weighted by molar-refractivity contribution is 7.16. The van der Waals surface area contributed by atoms with Crippen LogP contribution in [0, 0.1) is 5.92 Å². The van der Waals surface area contributed by atoms with Crippen molar-refractivity contribution in [3.05, 3.63) is 21.3 Å². The number of hydrogen-bond acceptors (Lipinski definition) is 2. The highest BCUT2D eigenvalue weighted by Crippen LogP contribution is 2.28. The predicted octanol–water partition coefficient (Wildman–Crippen LogP) is 4.10. The zero-order valence-corrected chi connectivity index (χ0v) is 10.6. The van der Waals surface area contributed by atoms with Crippen LogP contribution in [0.1, 0.15) is 38.1 Å². The molecule has 0 radical (unpaired) electrons. The summed E-state index contributed by atoms with van der Waals surface area (Å²) in [5, 5.41) is 3.55. The maximum atomic E-state index is 5.91. The molecule has 0 spiro atoms. The molecule has 1 nitrogen and oxygen atoms in total. The molecular formula is C11H18ClNS. The molecule has 0 aliphatic heterocycles. The normalized spacial score (nSPS) is 13.5. The van der Waals surface area contributed by atoms with Crippen molar-refractivity contribution in [2.24, 2.45) is 5.92 Å². The Labute approximate surface area is 95.5 Å². The molecule has 0 saturated heterocycles. The minimum absolute atomic E-state index is 0.467. The topological polar surface area (TPSA) is 12.0 Å². The Kier molecular flexibility index (Phi) is 4.93. The summed E-state index contributed by atoms with van der Waals surface area (Å²) in [6.07, 6.45) is 1.11. The Morgan fingerprint density at radius 1 is 1.43 bits per heavy atom. The molecule has 3 heteroatoms. The van der Waals surface area contributed by atoms with E-state index in [4.69, 9.17) is 11.6 Å². The summed E-state index contributed by atoms with van der Waals surface area (Å²) in [5.74, 6) is 0.694. The minimum Gasteiger partial charge on any atom is -0.309 e. The lowest BCUT2D eigenvalue weighted by molar-refractivity contribution is 0.469. The van der Waals surface area contributed by atoms with E-state index in [-0.39, 0.29) is 0 Å². The first-order chi connectivity index (χ1) is 6.63. The fourth-order valence-corrected chi connectivity index (χ4v) is 2.56. The first-order valence-corrected chi connectivity index (χ1v) is 6.31. The van der Waals surface area contributed by atoms with E-state index in [1.54, 1.807) is 11.3 Å². The van der Waals surface area contributed by atoms with Gasteiger partial charge in [-0.05, 0) is 31.0 Å². The van der Waals surface area contributed by atoms with E-state index in [0.29, 0.717) is 12.0 Å². The first kappa shape index (κ1) is 12.0. The second-order valence-electron chi connectivity index (χ2n) is 3.90. The third-order valence-electron chi connectivity index (χ3n) is 2.12. The Morgan fingerprint density at radius 3 is 2.57 bits per heavy atom. The van der Waals surface area contributed by atoms with Gasteiger partial charge in [-0.2, -0.15) is 0 Å². The van der Waals surface area contributed by atoms with Crippen LogP contribution in [0.5, 0.6) is 0 Å². The van der Waals surface area contributed by atoms with Gasteiger partial charge in [0.15, 0.2) is 0 Å². The molecule has 0 aliphatic rings. The predicted molar refractivity (Wildman–Crippen MR) is 65.2 cm³/mol. The van der Waals surface area contributed by atoms with Crippen molar-refractivity contribution < 1.29 is 0 Å². The van der Waals surface area contributed by atoms with Crippen LogP contribution in [0.15, 0.2) is 12.1 Å². The van der Waals surface area contributed by atoms with E-state index in [2.05, 4.69) is 32.2 Å². The second-order valence-corrected chi connectivity index (χ2v) is 5.65. The van der Waals surface area contributed by atoms with Gasteiger partial charge >= 0.3 is 0 Å². The van der Waals surface area contributed by atoms with Gasteiger partial charge in [-0.25, -0.2) is 0 Å². The number of nitrogens with one attached hydrogen (secondary N) is 1. The van der Waals surface area contributed by atoms with Gasteiger partial charge in [0.05, 0.1) is 4.34 Å². The molecule has 0 aromatic carbocycles. The van der Waals surface area contributed by atoms with E-state index in [0.717, 1.165) is 17.3 Å². The van der Waals surface area contributed by atoms with Crippen LogP contribution < -0.4 is 5.32 Å². The second kappa shape index (κ2) is 5.74. The third kappa shape index (κ3) is 3.60. The molecule has 0 saturated carbocycles. The summed E-state index contributed by atoms with van der Waals surface area (Å²) < 4.78 is 0.879. The maximum Gasteiger partial charge on any atom is 0.0931 e. The average molecular weight is 232 g/mol.